The Kier molecular flexibility index (Phi) is 4.76. The Morgan fingerprint density at radius 3 is 2.73 bits per heavy atom. The number of aromatic nitrogens is 4. The van der Waals surface area contributed by atoms with E-state index in [-0.39, 0.29) is 0 Å². The van der Waals surface area contributed by atoms with Crippen LogP contribution in [0.5, 0.6) is 0 Å². The third-order valence-corrected chi connectivity index (χ3v) is 5.85. The molecule has 1 saturated carbocycles. The number of H-pyrrole nitrogens is 1. The number of benzene rings is 1. The van der Waals surface area contributed by atoms with Crippen molar-refractivity contribution in [3.8, 4) is 22.0 Å². The van der Waals surface area contributed by atoms with Gasteiger partial charge in [-0.25, -0.2) is 14.8 Å². The van der Waals surface area contributed by atoms with Gasteiger partial charge in [-0.2, -0.15) is 5.10 Å². The highest BCUT2D eigenvalue weighted by molar-refractivity contribution is 7.13. The second kappa shape index (κ2) is 7.72. The Bertz CT molecular complexity index is 1200. The number of methoxy groups -OCH3 is 1. The molecule has 0 saturated heterocycles. The molecule has 0 aliphatic heterocycles. The van der Waals surface area contributed by atoms with Crippen LogP contribution in [0.1, 0.15) is 34.8 Å². The number of thiophene rings is 1. The smallest absolute Gasteiger partial charge is 0.339 e. The number of aromatic amines is 1. The number of esters is 1. The Hall–Kier alpha value is -3.52. The highest BCUT2D eigenvalue weighted by Gasteiger charge is 2.25. The summed E-state index contributed by atoms with van der Waals surface area (Å²) in [5.41, 5.74) is 3.31. The van der Waals surface area contributed by atoms with Gasteiger partial charge in [0.05, 0.1) is 23.2 Å². The Balaban J connectivity index is 1.57. The summed E-state index contributed by atoms with van der Waals surface area (Å²) in [4.78, 5) is 22.2. The van der Waals surface area contributed by atoms with Crippen LogP contribution < -0.4 is 5.32 Å². The van der Waals surface area contributed by atoms with Gasteiger partial charge in [0.2, 0.25) is 0 Å². The summed E-state index contributed by atoms with van der Waals surface area (Å²) in [5, 5.41) is 12.6. The van der Waals surface area contributed by atoms with E-state index in [0.29, 0.717) is 33.8 Å². The normalized spacial score (nSPS) is 13.2. The number of nitrogens with one attached hydrogen (secondary N) is 2. The van der Waals surface area contributed by atoms with Gasteiger partial charge in [-0.15, -0.1) is 11.3 Å². The fraction of sp³-hybridized carbons (Fsp3) is 0.182. The second-order valence-corrected chi connectivity index (χ2v) is 8.01. The van der Waals surface area contributed by atoms with Crippen LogP contribution in [0.2, 0.25) is 0 Å². The summed E-state index contributed by atoms with van der Waals surface area (Å²) in [7, 11) is 1.37. The lowest BCUT2D eigenvalue weighted by Crippen LogP contribution is -2.04. The maximum atomic E-state index is 12.2. The maximum Gasteiger partial charge on any atom is 0.339 e. The van der Waals surface area contributed by atoms with Crippen molar-refractivity contribution < 1.29 is 9.53 Å². The van der Waals surface area contributed by atoms with Crippen LogP contribution in [0.15, 0.2) is 53.9 Å². The van der Waals surface area contributed by atoms with Crippen LogP contribution in [0, 0.1) is 0 Å². The molecule has 150 valence electrons. The Morgan fingerprint density at radius 1 is 1.13 bits per heavy atom. The molecule has 0 unspecified atom stereocenters. The molecule has 5 rings (SSSR count). The minimum absolute atomic E-state index is 0.407. The number of hydrogen-bond donors (Lipinski definition) is 2. The zero-order valence-electron chi connectivity index (χ0n) is 16.3. The maximum absolute atomic E-state index is 12.2. The van der Waals surface area contributed by atoms with Crippen molar-refractivity contribution in [2.24, 2.45) is 0 Å². The van der Waals surface area contributed by atoms with Crippen LogP contribution >= 0.6 is 11.3 Å². The van der Waals surface area contributed by atoms with Crippen molar-refractivity contribution in [3.63, 3.8) is 0 Å². The first kappa shape index (κ1) is 18.5. The lowest BCUT2D eigenvalue weighted by molar-refractivity contribution is 0.0602. The van der Waals surface area contributed by atoms with Gasteiger partial charge >= 0.3 is 5.97 Å². The van der Waals surface area contributed by atoms with Crippen LogP contribution in [-0.2, 0) is 4.74 Å². The predicted octanol–water partition coefficient (Wildman–Crippen LogP) is 5.00. The number of carbonyl (C=O) groups is 1. The molecule has 1 aliphatic rings. The lowest BCUT2D eigenvalue weighted by Gasteiger charge is -2.09. The second-order valence-electron chi connectivity index (χ2n) is 7.09. The van der Waals surface area contributed by atoms with Gasteiger partial charge in [0, 0.05) is 29.3 Å². The van der Waals surface area contributed by atoms with Crippen LogP contribution in [0.4, 0.5) is 11.6 Å². The highest BCUT2D eigenvalue weighted by Crippen LogP contribution is 2.40. The summed E-state index contributed by atoms with van der Waals surface area (Å²) < 4.78 is 4.91. The van der Waals surface area contributed by atoms with Gasteiger partial charge in [-0.05, 0) is 24.3 Å². The van der Waals surface area contributed by atoms with Crippen LogP contribution in [0.25, 0.3) is 22.0 Å². The molecule has 0 amide bonds. The van der Waals surface area contributed by atoms with E-state index in [2.05, 4.69) is 20.5 Å². The molecule has 3 aromatic heterocycles. The Labute approximate surface area is 177 Å². The average molecular weight is 417 g/mol. The molecule has 0 bridgehead atoms. The summed E-state index contributed by atoms with van der Waals surface area (Å²) in [6.45, 7) is 0. The zero-order valence-corrected chi connectivity index (χ0v) is 17.1. The molecule has 30 heavy (non-hydrogen) atoms. The fourth-order valence-electron chi connectivity index (χ4n) is 3.26. The number of rotatable bonds is 6. The van der Waals surface area contributed by atoms with Crippen molar-refractivity contribution in [1.82, 2.24) is 20.2 Å². The van der Waals surface area contributed by atoms with Gasteiger partial charge in [0.25, 0.3) is 0 Å². The Morgan fingerprint density at radius 2 is 1.97 bits per heavy atom. The van der Waals surface area contributed by atoms with E-state index in [1.165, 1.54) is 31.3 Å². The molecule has 0 spiro atoms. The highest BCUT2D eigenvalue weighted by atomic mass is 32.1. The van der Waals surface area contributed by atoms with Gasteiger partial charge in [-0.3, -0.25) is 5.10 Å². The predicted molar refractivity (Wildman–Crippen MR) is 116 cm³/mol. The first-order valence-corrected chi connectivity index (χ1v) is 10.5. The molecular weight excluding hydrogens is 398 g/mol. The quantitative estimate of drug-likeness (QED) is 0.429. The van der Waals surface area contributed by atoms with Crippen LogP contribution in [0.3, 0.4) is 0 Å². The summed E-state index contributed by atoms with van der Waals surface area (Å²) in [6, 6.07) is 15.5. The molecular formula is C22H19N5O2S. The minimum Gasteiger partial charge on any atom is -0.465 e. The summed E-state index contributed by atoms with van der Waals surface area (Å²) in [5.74, 6) is 1.96. The third kappa shape index (κ3) is 3.69. The molecule has 2 N–H and O–H groups in total. The standard InChI is InChI=1S/C22H19N5O2S/c1-29-22(28)15-9-10-30-20(15)21-23-16(13-5-3-2-4-6-13)11-18(25-21)24-19-12-17(26-27-19)14-7-8-14/h2-6,9-12,14H,7-8H2,1H3,(H2,23,24,25,26,27). The van der Waals surface area contributed by atoms with E-state index in [9.17, 15) is 4.79 Å². The van der Waals surface area contributed by atoms with Gasteiger partial charge < -0.3 is 10.1 Å². The van der Waals surface area contributed by atoms with E-state index < -0.39 is 5.97 Å². The minimum atomic E-state index is -0.407. The monoisotopic (exact) mass is 417 g/mol. The van der Waals surface area contributed by atoms with Crippen molar-refractivity contribution in [1.29, 1.82) is 0 Å². The third-order valence-electron chi connectivity index (χ3n) is 4.94. The molecule has 8 heteroatoms. The molecule has 0 radical (unpaired) electrons. The van der Waals surface area contributed by atoms with Crippen molar-refractivity contribution >= 4 is 28.9 Å². The molecule has 1 aliphatic carbocycles. The van der Waals surface area contributed by atoms with Crippen molar-refractivity contribution in [2.75, 3.05) is 12.4 Å². The molecule has 0 atom stereocenters. The summed E-state index contributed by atoms with van der Waals surface area (Å²) >= 11 is 1.41. The molecule has 1 aromatic carbocycles. The molecule has 1 fully saturated rings. The fourth-order valence-corrected chi connectivity index (χ4v) is 4.07. The largest absolute Gasteiger partial charge is 0.465 e. The van der Waals surface area contributed by atoms with Crippen LogP contribution in [-0.4, -0.2) is 33.2 Å². The van der Waals surface area contributed by atoms with Gasteiger partial charge in [-0.1, -0.05) is 30.3 Å². The number of ether oxygens (including phenoxy) is 1. The van der Waals surface area contributed by atoms with E-state index in [4.69, 9.17) is 9.72 Å². The first-order chi connectivity index (χ1) is 14.7. The van der Waals surface area contributed by atoms with Crippen molar-refractivity contribution in [2.45, 2.75) is 18.8 Å². The van der Waals surface area contributed by atoms with Gasteiger partial charge in [0.1, 0.15) is 5.82 Å². The zero-order chi connectivity index (χ0) is 20.5. The number of carbonyl (C=O) groups excluding carboxylic acids is 1. The summed E-state index contributed by atoms with van der Waals surface area (Å²) in [6.07, 6.45) is 2.40. The number of nitrogens with zero attached hydrogens (tertiary/aromatic N) is 3. The van der Waals surface area contributed by atoms with E-state index >= 15 is 0 Å². The first-order valence-electron chi connectivity index (χ1n) is 9.64. The molecule has 3 heterocycles. The molecule has 7 nitrogen and oxygen atoms in total. The lowest BCUT2D eigenvalue weighted by atomic mass is 10.1. The van der Waals surface area contributed by atoms with Gasteiger partial charge in [0.15, 0.2) is 11.6 Å². The van der Waals surface area contributed by atoms with E-state index in [1.807, 2.05) is 47.8 Å². The average Bonchev–Trinajstić information content (AvgIpc) is 3.32. The number of hydrogen-bond acceptors (Lipinski definition) is 7. The molecule has 4 aromatic rings. The van der Waals surface area contributed by atoms with E-state index in [1.54, 1.807) is 6.07 Å². The van der Waals surface area contributed by atoms with E-state index in [0.717, 1.165) is 17.0 Å². The number of anilines is 2. The topological polar surface area (TPSA) is 92.8 Å². The van der Waals surface area contributed by atoms with Crippen molar-refractivity contribution in [3.05, 3.63) is 65.2 Å². The SMILES string of the molecule is COC(=O)c1ccsc1-c1nc(Nc2cc(C3CC3)[nH]n2)cc(-c2ccccc2)n1.